The summed E-state index contributed by atoms with van der Waals surface area (Å²) in [6.45, 7) is 2.58. The third-order valence-corrected chi connectivity index (χ3v) is 8.50. The molecule has 204 valence electrons. The Balaban J connectivity index is 1.37. The zero-order chi connectivity index (χ0) is 27.9. The van der Waals surface area contributed by atoms with Gasteiger partial charge in [-0.1, -0.05) is 23.7 Å². The number of amides is 3. The lowest BCUT2D eigenvalue weighted by Gasteiger charge is -2.30. The maximum Gasteiger partial charge on any atom is 0.250 e. The lowest BCUT2D eigenvalue weighted by Crippen LogP contribution is -2.53. The van der Waals surface area contributed by atoms with Crippen LogP contribution in [0, 0.1) is 18.8 Å². The molecule has 4 atom stereocenters. The molecule has 2 saturated heterocycles. The van der Waals surface area contributed by atoms with Gasteiger partial charge in [0.15, 0.2) is 23.0 Å². The molecule has 2 fully saturated rings. The molecule has 3 amide bonds. The molecule has 10 nitrogen and oxygen atoms in total. The molecular weight excluding hydrogens is 538 g/mol. The lowest BCUT2D eigenvalue weighted by molar-refractivity contribution is -0.130. The Labute approximate surface area is 233 Å². The highest BCUT2D eigenvalue weighted by Crippen LogP contribution is 2.55. The van der Waals surface area contributed by atoms with Crippen molar-refractivity contribution in [2.24, 2.45) is 11.8 Å². The molecule has 3 aromatic carbocycles. The molecule has 4 aliphatic rings. The molecule has 0 saturated carbocycles. The summed E-state index contributed by atoms with van der Waals surface area (Å²) < 4.78 is 11.3. The van der Waals surface area contributed by atoms with Crippen molar-refractivity contribution in [1.82, 2.24) is 5.32 Å². The molecular formula is C29H24ClN3O7. The number of anilines is 2. The minimum absolute atomic E-state index is 0.201. The zero-order valence-corrected chi connectivity index (χ0v) is 22.0. The quantitative estimate of drug-likeness (QED) is 0.283. The number of ether oxygens (including phenoxy) is 2. The van der Waals surface area contributed by atoms with E-state index >= 15 is 0 Å². The van der Waals surface area contributed by atoms with Crippen LogP contribution in [0.1, 0.15) is 16.7 Å². The van der Waals surface area contributed by atoms with Gasteiger partial charge in [-0.2, -0.15) is 0 Å². The van der Waals surface area contributed by atoms with Crippen molar-refractivity contribution in [3.05, 3.63) is 70.2 Å². The van der Waals surface area contributed by atoms with Gasteiger partial charge < -0.3 is 25.0 Å². The summed E-state index contributed by atoms with van der Waals surface area (Å²) in [5, 5.41) is 26.4. The van der Waals surface area contributed by atoms with Gasteiger partial charge in [-0.15, -0.1) is 0 Å². The van der Waals surface area contributed by atoms with Crippen molar-refractivity contribution in [3.63, 3.8) is 0 Å². The van der Waals surface area contributed by atoms with Crippen LogP contribution in [0.4, 0.5) is 11.4 Å². The molecule has 7 rings (SSSR count). The number of imide groups is 1. The molecule has 4 unspecified atom stereocenters. The van der Waals surface area contributed by atoms with E-state index in [1.165, 1.54) is 12.1 Å². The normalized spacial score (nSPS) is 26.3. The van der Waals surface area contributed by atoms with Gasteiger partial charge in [0.05, 0.1) is 28.2 Å². The molecule has 1 spiro atoms. The second-order valence-electron chi connectivity index (χ2n) is 10.6. The number of benzene rings is 3. The van der Waals surface area contributed by atoms with Gasteiger partial charge in [-0.05, 0) is 54.8 Å². The van der Waals surface area contributed by atoms with E-state index < -0.39 is 41.1 Å². The highest BCUT2D eigenvalue weighted by Gasteiger charge is 2.70. The monoisotopic (exact) mass is 561 g/mol. The van der Waals surface area contributed by atoms with E-state index in [2.05, 4.69) is 10.6 Å². The number of aryl methyl sites for hydroxylation is 1. The lowest BCUT2D eigenvalue weighted by atomic mass is 9.76. The van der Waals surface area contributed by atoms with Crippen LogP contribution < -0.4 is 25.0 Å². The number of carbonyl (C=O) groups excluding carboxylic acids is 3. The third kappa shape index (κ3) is 3.36. The summed E-state index contributed by atoms with van der Waals surface area (Å²) in [6.07, 6.45) is 0.201. The Morgan fingerprint density at radius 2 is 1.75 bits per heavy atom. The molecule has 4 aliphatic heterocycles. The van der Waals surface area contributed by atoms with Crippen LogP contribution in [0.5, 0.6) is 23.0 Å². The average molecular weight is 562 g/mol. The largest absolute Gasteiger partial charge is 0.504 e. The average Bonchev–Trinajstić information content (AvgIpc) is 3.50. The van der Waals surface area contributed by atoms with Crippen LogP contribution in [0.3, 0.4) is 0 Å². The minimum atomic E-state index is -1.55. The van der Waals surface area contributed by atoms with Gasteiger partial charge >= 0.3 is 0 Å². The van der Waals surface area contributed by atoms with Crippen molar-refractivity contribution in [1.29, 1.82) is 0 Å². The maximum atomic E-state index is 14.3. The smallest absolute Gasteiger partial charge is 0.250 e. The number of nitrogens with zero attached hydrogens (tertiary/aromatic N) is 1. The number of nitrogens with one attached hydrogen (secondary N) is 2. The Morgan fingerprint density at radius 3 is 2.52 bits per heavy atom. The number of carbonyl (C=O) groups is 3. The zero-order valence-electron chi connectivity index (χ0n) is 21.2. The fourth-order valence-corrected chi connectivity index (χ4v) is 6.87. The first-order valence-electron chi connectivity index (χ1n) is 12.9. The number of hydrogen-bond acceptors (Lipinski definition) is 8. The molecule has 0 aliphatic carbocycles. The van der Waals surface area contributed by atoms with Gasteiger partial charge in [0.2, 0.25) is 17.7 Å². The first-order chi connectivity index (χ1) is 19.2. The summed E-state index contributed by atoms with van der Waals surface area (Å²) >= 11 is 6.52. The van der Waals surface area contributed by atoms with Crippen molar-refractivity contribution >= 4 is 40.7 Å². The highest BCUT2D eigenvalue weighted by molar-refractivity contribution is 6.35. The summed E-state index contributed by atoms with van der Waals surface area (Å²) in [7, 11) is 0. The SMILES string of the molecule is Cc1cc(Cl)c2c(c1)C1(NC(Cc3ccc(O)c(O)c3)C3C(=O)N(c4ccc5c(c4)OCCO5)C(=O)C31)C(=O)N2. The summed E-state index contributed by atoms with van der Waals surface area (Å²) in [4.78, 5) is 43.3. The number of hydrogen-bond donors (Lipinski definition) is 4. The summed E-state index contributed by atoms with van der Waals surface area (Å²) in [6, 6.07) is 12.1. The number of rotatable bonds is 3. The molecule has 0 aromatic heterocycles. The van der Waals surface area contributed by atoms with E-state index in [-0.39, 0.29) is 17.9 Å². The predicted molar refractivity (Wildman–Crippen MR) is 144 cm³/mol. The topological polar surface area (TPSA) is 137 Å². The van der Waals surface area contributed by atoms with Crippen molar-refractivity contribution in [2.45, 2.75) is 24.9 Å². The minimum Gasteiger partial charge on any atom is -0.504 e. The van der Waals surface area contributed by atoms with Gasteiger partial charge in [-0.3, -0.25) is 19.7 Å². The van der Waals surface area contributed by atoms with Crippen LogP contribution >= 0.6 is 11.6 Å². The van der Waals surface area contributed by atoms with Crippen LogP contribution in [0.2, 0.25) is 5.02 Å². The van der Waals surface area contributed by atoms with E-state index in [1.54, 1.807) is 30.3 Å². The number of aromatic hydroxyl groups is 2. The Bertz CT molecular complexity index is 1640. The number of phenolic OH excluding ortho intramolecular Hbond substituents is 2. The van der Waals surface area contributed by atoms with Gasteiger partial charge in [0.1, 0.15) is 18.8 Å². The summed E-state index contributed by atoms with van der Waals surface area (Å²) in [5.41, 5.74) is 1.11. The Morgan fingerprint density at radius 1 is 0.975 bits per heavy atom. The fourth-order valence-electron chi connectivity index (χ4n) is 6.54. The Hall–Kier alpha value is -4.28. The molecule has 11 heteroatoms. The maximum absolute atomic E-state index is 14.3. The predicted octanol–water partition coefficient (Wildman–Crippen LogP) is 3.00. The fraction of sp³-hybridized carbons (Fsp3) is 0.276. The van der Waals surface area contributed by atoms with Crippen LogP contribution in [-0.4, -0.2) is 47.2 Å². The summed E-state index contributed by atoms with van der Waals surface area (Å²) in [5.74, 6) is -3.05. The third-order valence-electron chi connectivity index (χ3n) is 8.20. The van der Waals surface area contributed by atoms with Crippen molar-refractivity contribution < 1.29 is 34.1 Å². The number of halogens is 1. The van der Waals surface area contributed by atoms with Crippen LogP contribution in [-0.2, 0) is 26.3 Å². The Kier molecular flexibility index (Phi) is 5.32. The second-order valence-corrected chi connectivity index (χ2v) is 11.0. The second kappa shape index (κ2) is 8.61. The van der Waals surface area contributed by atoms with E-state index in [0.29, 0.717) is 52.2 Å². The van der Waals surface area contributed by atoms with Crippen LogP contribution in [0.25, 0.3) is 0 Å². The molecule has 0 bridgehead atoms. The van der Waals surface area contributed by atoms with Gasteiger partial charge in [-0.25, -0.2) is 4.90 Å². The molecule has 4 heterocycles. The van der Waals surface area contributed by atoms with Crippen molar-refractivity contribution in [2.75, 3.05) is 23.4 Å². The van der Waals surface area contributed by atoms with E-state index in [4.69, 9.17) is 21.1 Å². The highest BCUT2D eigenvalue weighted by atomic mass is 35.5. The first kappa shape index (κ1) is 24.7. The first-order valence-corrected chi connectivity index (χ1v) is 13.2. The molecule has 3 aromatic rings. The molecule has 40 heavy (non-hydrogen) atoms. The molecule has 0 radical (unpaired) electrons. The van der Waals surface area contributed by atoms with Gasteiger partial charge in [0.25, 0.3) is 0 Å². The molecule has 4 N–H and O–H groups in total. The number of fused-ring (bicyclic) bond motifs is 5. The van der Waals surface area contributed by atoms with E-state index in [9.17, 15) is 24.6 Å². The standard InChI is InChI=1S/C29H24ClN3O7/c1-13-8-16-25(17(30)9-13)31-28(38)29(16)24-23(18(32-29)10-14-2-4-19(34)20(35)11-14)26(36)33(27(24)37)15-3-5-21-22(12-15)40-7-6-39-21/h2-5,8-9,11-12,18,23-24,32,34-35H,6-7,10H2,1H3,(H,31,38). The van der Waals surface area contributed by atoms with Crippen LogP contribution in [0.15, 0.2) is 48.5 Å². The van der Waals surface area contributed by atoms with E-state index in [1.807, 2.05) is 13.0 Å². The van der Waals surface area contributed by atoms with Crippen molar-refractivity contribution in [3.8, 4) is 23.0 Å². The van der Waals surface area contributed by atoms with Gasteiger partial charge in [0, 0.05) is 17.7 Å². The number of phenols is 2. The van der Waals surface area contributed by atoms with E-state index in [0.717, 1.165) is 10.5 Å².